The second kappa shape index (κ2) is 6.75. The van der Waals surface area contributed by atoms with Gasteiger partial charge >= 0.3 is 5.97 Å². The van der Waals surface area contributed by atoms with Gasteiger partial charge in [0.05, 0.1) is 37.7 Å². The number of carboxylic acids is 1. The molecular formula is C18H16N2O5S2. The number of carbonyl (C=O) groups is 1. The van der Waals surface area contributed by atoms with Gasteiger partial charge in [0, 0.05) is 17.4 Å². The number of hydrogen-bond acceptors (Lipinski definition) is 5. The molecule has 27 heavy (non-hydrogen) atoms. The van der Waals surface area contributed by atoms with Crippen molar-refractivity contribution in [1.29, 1.82) is 0 Å². The van der Waals surface area contributed by atoms with Crippen molar-refractivity contribution in [1.82, 2.24) is 9.78 Å². The van der Waals surface area contributed by atoms with E-state index in [-0.39, 0.29) is 21.7 Å². The number of aromatic carboxylic acids is 1. The smallest absolute Gasteiger partial charge is 0.356 e. The maximum Gasteiger partial charge on any atom is 0.356 e. The fraction of sp³-hybridized carbons (Fsp3) is 0.111. The molecule has 0 spiro atoms. The average Bonchev–Trinajstić information content (AvgIpc) is 2.98. The Morgan fingerprint density at radius 3 is 2.52 bits per heavy atom. The van der Waals surface area contributed by atoms with Crippen molar-refractivity contribution in [2.24, 2.45) is 0 Å². The summed E-state index contributed by atoms with van der Waals surface area (Å²) in [6.07, 6.45) is 4.04. The predicted octanol–water partition coefficient (Wildman–Crippen LogP) is 2.32. The molecule has 0 saturated heterocycles. The molecule has 1 atom stereocenters. The molecule has 2 aromatic rings. The number of fused-ring (bicyclic) bond motifs is 1. The van der Waals surface area contributed by atoms with Crippen LogP contribution in [0.15, 0.2) is 59.4 Å². The molecule has 1 N–H and O–H groups in total. The first-order chi connectivity index (χ1) is 12.7. The van der Waals surface area contributed by atoms with E-state index in [0.29, 0.717) is 16.3 Å². The summed E-state index contributed by atoms with van der Waals surface area (Å²) in [4.78, 5) is 12.1. The van der Waals surface area contributed by atoms with E-state index in [0.717, 1.165) is 0 Å². The number of benzene rings is 1. The van der Waals surface area contributed by atoms with E-state index in [1.54, 1.807) is 24.3 Å². The summed E-state index contributed by atoms with van der Waals surface area (Å²) in [7, 11) is -5.16. The van der Waals surface area contributed by atoms with Crippen LogP contribution in [0.2, 0.25) is 0 Å². The second-order valence-corrected chi connectivity index (χ2v) is 9.07. The molecule has 0 radical (unpaired) electrons. The summed E-state index contributed by atoms with van der Waals surface area (Å²) in [6.45, 7) is 7.24. The highest BCUT2D eigenvalue weighted by Gasteiger charge is 2.36. The Morgan fingerprint density at radius 1 is 1.30 bits per heavy atom. The summed E-state index contributed by atoms with van der Waals surface area (Å²) in [5.74, 6) is -1.86. The van der Waals surface area contributed by atoms with Crippen LogP contribution in [0.4, 0.5) is 0 Å². The lowest BCUT2D eigenvalue weighted by Gasteiger charge is -2.19. The van der Waals surface area contributed by atoms with Crippen LogP contribution >= 0.6 is 0 Å². The third-order valence-electron chi connectivity index (χ3n) is 4.17. The Kier molecular flexibility index (Phi) is 4.75. The van der Waals surface area contributed by atoms with Gasteiger partial charge in [0.25, 0.3) is 0 Å². The highest BCUT2D eigenvalue weighted by atomic mass is 32.2. The molecule has 0 amide bonds. The number of allylic oxidation sites excluding steroid dienone is 3. The van der Waals surface area contributed by atoms with E-state index in [9.17, 15) is 22.5 Å². The molecule has 3 rings (SSSR count). The van der Waals surface area contributed by atoms with Crippen molar-refractivity contribution >= 4 is 32.2 Å². The maximum absolute atomic E-state index is 12.6. The number of aromatic nitrogens is 2. The summed E-state index contributed by atoms with van der Waals surface area (Å²) in [5, 5.41) is 13.7. The van der Waals surface area contributed by atoms with Crippen LogP contribution < -0.4 is 0 Å². The average molecular weight is 404 g/mol. The molecule has 0 fully saturated rings. The van der Waals surface area contributed by atoms with Crippen molar-refractivity contribution in [3.63, 3.8) is 0 Å². The van der Waals surface area contributed by atoms with Gasteiger partial charge in [0.2, 0.25) is 0 Å². The van der Waals surface area contributed by atoms with E-state index < -0.39 is 32.4 Å². The maximum atomic E-state index is 12.6. The van der Waals surface area contributed by atoms with E-state index in [1.807, 2.05) is 0 Å². The molecule has 0 bridgehead atoms. The van der Waals surface area contributed by atoms with Gasteiger partial charge in [-0.1, -0.05) is 37.4 Å². The molecule has 1 unspecified atom stereocenters. The zero-order chi connectivity index (χ0) is 19.9. The molecule has 2 heterocycles. The summed E-state index contributed by atoms with van der Waals surface area (Å²) >= 11 is 0. The molecule has 1 aliphatic rings. The molecule has 0 saturated carbocycles. The van der Waals surface area contributed by atoms with Crippen LogP contribution in [-0.2, 0) is 26.4 Å². The summed E-state index contributed by atoms with van der Waals surface area (Å²) < 4.78 is 38.6. The highest BCUT2D eigenvalue weighted by Crippen LogP contribution is 2.38. The lowest BCUT2D eigenvalue weighted by molar-refractivity contribution is 0.0689. The van der Waals surface area contributed by atoms with E-state index in [2.05, 4.69) is 18.3 Å². The Hall–Kier alpha value is -2.78. The molecule has 9 heteroatoms. The molecule has 7 nitrogen and oxygen atoms in total. The van der Waals surface area contributed by atoms with E-state index in [4.69, 9.17) is 0 Å². The minimum absolute atomic E-state index is 0.0433. The Labute approximate surface area is 158 Å². The zero-order valence-corrected chi connectivity index (χ0v) is 16.0. The summed E-state index contributed by atoms with van der Waals surface area (Å²) in [6, 6.07) is 6.70. The Balaban J connectivity index is 2.49. The highest BCUT2D eigenvalue weighted by molar-refractivity contribution is 7.95. The molecule has 0 aliphatic carbocycles. The lowest BCUT2D eigenvalue weighted by Crippen LogP contribution is -2.17. The number of nitrogens with zero attached hydrogens (tertiary/aromatic N) is 2. The first-order valence-electron chi connectivity index (χ1n) is 7.73. The lowest BCUT2D eigenvalue weighted by atomic mass is 10.1. The van der Waals surface area contributed by atoms with Gasteiger partial charge in [0.1, 0.15) is 0 Å². The topological polar surface area (TPSA) is 106 Å². The monoisotopic (exact) mass is 404 g/mol. The fourth-order valence-corrected chi connectivity index (χ4v) is 5.37. The van der Waals surface area contributed by atoms with Gasteiger partial charge in [-0.3, -0.25) is 4.21 Å². The van der Waals surface area contributed by atoms with Crippen LogP contribution in [0.25, 0.3) is 11.3 Å². The van der Waals surface area contributed by atoms with E-state index in [1.165, 1.54) is 23.1 Å². The third-order valence-corrected chi connectivity index (χ3v) is 6.86. The SMILES string of the molecule is C=CC1=C(C=C)S(=O)(=O)Cc2c(C(=O)O)nn(-c3ccccc3S(C)=O)c21. The number of hydrogen-bond donors (Lipinski definition) is 1. The van der Waals surface area contributed by atoms with E-state index >= 15 is 0 Å². The molecule has 1 aliphatic heterocycles. The van der Waals surface area contributed by atoms with Crippen LogP contribution in [0, 0.1) is 0 Å². The van der Waals surface area contributed by atoms with Gasteiger partial charge in [0.15, 0.2) is 15.5 Å². The zero-order valence-electron chi connectivity index (χ0n) is 14.4. The number of rotatable bonds is 5. The van der Waals surface area contributed by atoms with Crippen molar-refractivity contribution < 1.29 is 22.5 Å². The Morgan fingerprint density at radius 2 is 1.96 bits per heavy atom. The van der Waals surface area contributed by atoms with Gasteiger partial charge in [-0.05, 0) is 12.1 Å². The first-order valence-corrected chi connectivity index (χ1v) is 10.9. The quantitative estimate of drug-likeness (QED) is 0.820. The van der Waals surface area contributed by atoms with Crippen molar-refractivity contribution in [3.05, 3.63) is 71.4 Å². The predicted molar refractivity (Wildman–Crippen MR) is 103 cm³/mol. The second-order valence-electron chi connectivity index (χ2n) is 5.76. The van der Waals surface area contributed by atoms with Crippen LogP contribution in [-0.4, -0.2) is 39.7 Å². The first kappa shape index (κ1) is 19.0. The minimum Gasteiger partial charge on any atom is -0.476 e. The number of sulfone groups is 1. The summed E-state index contributed by atoms with van der Waals surface area (Å²) in [5.41, 5.74) is 0.615. The molecule has 140 valence electrons. The molecule has 1 aromatic carbocycles. The van der Waals surface area contributed by atoms with Crippen molar-refractivity contribution in [2.45, 2.75) is 10.6 Å². The van der Waals surface area contributed by atoms with Crippen molar-refractivity contribution in [3.8, 4) is 5.69 Å². The third kappa shape index (κ3) is 2.98. The van der Waals surface area contributed by atoms with Crippen LogP contribution in [0.1, 0.15) is 21.7 Å². The molecular weight excluding hydrogens is 388 g/mol. The largest absolute Gasteiger partial charge is 0.476 e. The van der Waals surface area contributed by atoms with Crippen LogP contribution in [0.3, 0.4) is 0 Å². The number of para-hydroxylation sites is 1. The minimum atomic E-state index is -3.79. The van der Waals surface area contributed by atoms with Gasteiger partial charge in [-0.25, -0.2) is 17.9 Å². The Bertz CT molecular complexity index is 1160. The molecule has 1 aromatic heterocycles. The van der Waals surface area contributed by atoms with Gasteiger partial charge < -0.3 is 5.11 Å². The van der Waals surface area contributed by atoms with Gasteiger partial charge in [-0.15, -0.1) is 0 Å². The van der Waals surface area contributed by atoms with Gasteiger partial charge in [-0.2, -0.15) is 5.10 Å². The normalized spacial score (nSPS) is 16.5. The van der Waals surface area contributed by atoms with Crippen molar-refractivity contribution in [2.75, 3.05) is 6.26 Å². The number of carboxylic acid groups (broad SMARTS) is 1. The standard InChI is InChI=1S/C18H16N2O5S2/c1-4-11-15(5-2)27(24,25)10-12-16(18(21)22)19-20(17(11)12)13-8-6-7-9-14(13)26(3)23/h4-9H,1-2,10H2,3H3,(H,21,22). The fourth-order valence-electron chi connectivity index (χ4n) is 3.07. The van der Waals surface area contributed by atoms with Crippen LogP contribution in [0.5, 0.6) is 0 Å².